The molecule has 0 radical (unpaired) electrons. The standard InChI is InChI=1S/C22H21F3IN7O2S/c1-4-32-9-13(10(2)31-32)12-7-15(22(23,24)25)29-21-17(12)18(19(36-21)20(27)35)30-16(34)5-6-33-11(3)14(26)8-28-33/h7-9H,4-6H2,1-3H3,(H2,27,35)(H,30,34). The fourth-order valence-corrected chi connectivity index (χ4v) is 5.16. The summed E-state index contributed by atoms with van der Waals surface area (Å²) < 4.78 is 45.3. The van der Waals surface area contributed by atoms with E-state index in [1.54, 1.807) is 28.7 Å². The van der Waals surface area contributed by atoms with E-state index in [1.165, 1.54) is 0 Å². The number of halogens is 4. The van der Waals surface area contributed by atoms with Crippen molar-refractivity contribution in [3.8, 4) is 11.1 Å². The maximum Gasteiger partial charge on any atom is 0.433 e. The number of aromatic nitrogens is 5. The van der Waals surface area contributed by atoms with E-state index in [1.807, 2.05) is 13.8 Å². The molecule has 9 nitrogen and oxygen atoms in total. The van der Waals surface area contributed by atoms with Gasteiger partial charge in [0.2, 0.25) is 5.91 Å². The molecule has 0 bridgehead atoms. The Morgan fingerprint density at radius 1 is 1.25 bits per heavy atom. The highest BCUT2D eigenvalue weighted by atomic mass is 127. The minimum absolute atomic E-state index is 0.0182. The first-order valence-corrected chi connectivity index (χ1v) is 12.7. The lowest BCUT2D eigenvalue weighted by atomic mass is 10.0. The molecule has 0 atom stereocenters. The van der Waals surface area contributed by atoms with Gasteiger partial charge in [-0.1, -0.05) is 0 Å². The van der Waals surface area contributed by atoms with Crippen molar-refractivity contribution in [3.05, 3.63) is 44.0 Å². The number of carbonyl (C=O) groups excluding carboxylic acids is 2. The van der Waals surface area contributed by atoms with Crippen molar-refractivity contribution in [3.63, 3.8) is 0 Å². The van der Waals surface area contributed by atoms with Crippen LogP contribution in [0.25, 0.3) is 21.3 Å². The number of primary amides is 1. The number of fused-ring (bicyclic) bond motifs is 1. The van der Waals surface area contributed by atoms with Crippen LogP contribution in [0.15, 0.2) is 18.5 Å². The van der Waals surface area contributed by atoms with Crippen molar-refractivity contribution in [1.82, 2.24) is 24.5 Å². The number of carbonyl (C=O) groups is 2. The van der Waals surface area contributed by atoms with Crippen LogP contribution in [0.2, 0.25) is 0 Å². The van der Waals surface area contributed by atoms with Gasteiger partial charge in [0, 0.05) is 35.8 Å². The third-order valence-electron chi connectivity index (χ3n) is 5.60. The number of rotatable bonds is 7. The monoisotopic (exact) mass is 631 g/mol. The van der Waals surface area contributed by atoms with Crippen LogP contribution in [-0.4, -0.2) is 36.4 Å². The van der Waals surface area contributed by atoms with E-state index in [9.17, 15) is 22.8 Å². The average Bonchev–Trinajstić information content (AvgIpc) is 3.47. The second kappa shape index (κ2) is 9.80. The quantitative estimate of drug-likeness (QED) is 0.286. The van der Waals surface area contributed by atoms with Crippen molar-refractivity contribution in [2.75, 3.05) is 5.32 Å². The summed E-state index contributed by atoms with van der Waals surface area (Å²) in [6, 6.07) is 0.911. The molecule has 0 spiro atoms. The molecule has 190 valence electrons. The molecular weight excluding hydrogens is 610 g/mol. The van der Waals surface area contributed by atoms with Gasteiger partial charge in [-0.2, -0.15) is 23.4 Å². The molecule has 0 saturated heterocycles. The Hall–Kier alpha value is -3.01. The van der Waals surface area contributed by atoms with Crippen LogP contribution in [0.3, 0.4) is 0 Å². The molecule has 4 heterocycles. The molecule has 3 N–H and O–H groups in total. The van der Waals surface area contributed by atoms with Crippen molar-refractivity contribution in [1.29, 1.82) is 0 Å². The zero-order valence-corrected chi connectivity index (χ0v) is 22.4. The molecule has 4 rings (SSSR count). The highest BCUT2D eigenvalue weighted by molar-refractivity contribution is 14.1. The number of amides is 2. The summed E-state index contributed by atoms with van der Waals surface area (Å²) in [6.07, 6.45) is -1.40. The largest absolute Gasteiger partial charge is 0.433 e. The molecule has 14 heteroatoms. The molecule has 0 aliphatic carbocycles. The van der Waals surface area contributed by atoms with Crippen molar-refractivity contribution < 1.29 is 22.8 Å². The summed E-state index contributed by atoms with van der Waals surface area (Å²) in [4.78, 5) is 28.7. The van der Waals surface area contributed by atoms with Gasteiger partial charge >= 0.3 is 6.18 Å². The van der Waals surface area contributed by atoms with Crippen LogP contribution in [0, 0.1) is 17.4 Å². The van der Waals surface area contributed by atoms with Gasteiger partial charge in [0.15, 0.2) is 0 Å². The number of nitrogens with one attached hydrogen (secondary N) is 1. The molecule has 4 aromatic rings. The Balaban J connectivity index is 1.84. The summed E-state index contributed by atoms with van der Waals surface area (Å²) in [5, 5.41) is 11.5. The van der Waals surface area contributed by atoms with Crippen LogP contribution in [0.5, 0.6) is 0 Å². The lowest BCUT2D eigenvalue weighted by Crippen LogP contribution is -2.18. The lowest BCUT2D eigenvalue weighted by molar-refractivity contribution is -0.140. The first-order chi connectivity index (χ1) is 16.9. The average molecular weight is 631 g/mol. The smallest absolute Gasteiger partial charge is 0.365 e. The topological polar surface area (TPSA) is 121 Å². The molecular formula is C22H21F3IN7O2S. The third kappa shape index (κ3) is 4.96. The Morgan fingerprint density at radius 3 is 2.53 bits per heavy atom. The number of nitrogens with two attached hydrogens (primary N) is 1. The Morgan fingerprint density at radius 2 is 1.97 bits per heavy atom. The minimum atomic E-state index is -4.73. The van der Waals surface area contributed by atoms with Gasteiger partial charge in [0.1, 0.15) is 15.4 Å². The summed E-state index contributed by atoms with van der Waals surface area (Å²) >= 11 is 2.84. The zero-order chi connectivity index (χ0) is 26.4. The predicted octanol–water partition coefficient (Wildman–Crippen LogP) is 4.74. The maximum atomic E-state index is 13.7. The van der Waals surface area contributed by atoms with E-state index in [0.717, 1.165) is 15.3 Å². The number of thiophene rings is 1. The number of anilines is 1. The Bertz CT molecular complexity index is 1490. The van der Waals surface area contributed by atoms with Crippen LogP contribution in [0.1, 0.15) is 40.1 Å². The van der Waals surface area contributed by atoms with Crippen LogP contribution >= 0.6 is 33.9 Å². The van der Waals surface area contributed by atoms with Gasteiger partial charge in [-0.25, -0.2) is 4.98 Å². The van der Waals surface area contributed by atoms with Gasteiger partial charge < -0.3 is 11.1 Å². The number of hydrogen-bond acceptors (Lipinski definition) is 6. The highest BCUT2D eigenvalue weighted by Crippen LogP contribution is 2.44. The van der Waals surface area contributed by atoms with Gasteiger partial charge in [-0.05, 0) is 55.0 Å². The van der Waals surface area contributed by atoms with Crippen molar-refractivity contribution in [2.24, 2.45) is 5.73 Å². The van der Waals surface area contributed by atoms with Crippen LogP contribution in [-0.2, 0) is 24.1 Å². The van der Waals surface area contributed by atoms with Crippen molar-refractivity contribution in [2.45, 2.75) is 46.5 Å². The minimum Gasteiger partial charge on any atom is -0.365 e. The Kier molecular flexibility index (Phi) is 7.10. The van der Waals surface area contributed by atoms with Gasteiger partial charge in [0.05, 0.1) is 27.7 Å². The number of nitrogens with zero attached hydrogens (tertiary/aromatic N) is 5. The second-order valence-corrected chi connectivity index (χ2v) is 10.1. The Labute approximate surface area is 221 Å². The summed E-state index contributed by atoms with van der Waals surface area (Å²) in [7, 11) is 0. The summed E-state index contributed by atoms with van der Waals surface area (Å²) in [5.41, 5.74) is 6.45. The van der Waals surface area contributed by atoms with E-state index in [4.69, 9.17) is 5.73 Å². The number of hydrogen-bond donors (Lipinski definition) is 2. The molecule has 36 heavy (non-hydrogen) atoms. The first kappa shape index (κ1) is 26.1. The maximum absolute atomic E-state index is 13.7. The predicted molar refractivity (Wildman–Crippen MR) is 138 cm³/mol. The summed E-state index contributed by atoms with van der Waals surface area (Å²) in [6.45, 7) is 6.18. The fourth-order valence-electron chi connectivity index (χ4n) is 3.75. The van der Waals surface area contributed by atoms with Gasteiger partial charge in [0.25, 0.3) is 5.91 Å². The van der Waals surface area contributed by atoms with E-state index in [2.05, 4.69) is 43.1 Å². The summed E-state index contributed by atoms with van der Waals surface area (Å²) in [5.74, 6) is -1.33. The van der Waals surface area contributed by atoms with E-state index in [-0.39, 0.29) is 39.3 Å². The molecule has 0 aliphatic heterocycles. The SMILES string of the molecule is CCn1cc(-c2cc(C(F)(F)F)nc3sc(C(N)=O)c(NC(=O)CCn4ncc(I)c4C)c23)c(C)n1. The molecule has 0 fully saturated rings. The highest BCUT2D eigenvalue weighted by Gasteiger charge is 2.35. The molecule has 2 amide bonds. The third-order valence-corrected chi connectivity index (χ3v) is 7.75. The number of pyridine rings is 1. The molecule has 4 aromatic heterocycles. The van der Waals surface area contributed by atoms with E-state index >= 15 is 0 Å². The van der Waals surface area contributed by atoms with Crippen LogP contribution < -0.4 is 11.1 Å². The second-order valence-electron chi connectivity index (χ2n) is 7.99. The van der Waals surface area contributed by atoms with E-state index < -0.39 is 23.7 Å². The van der Waals surface area contributed by atoms with Crippen LogP contribution in [0.4, 0.5) is 18.9 Å². The van der Waals surface area contributed by atoms with Crippen molar-refractivity contribution >= 4 is 61.6 Å². The fraction of sp³-hybridized carbons (Fsp3) is 0.318. The molecule has 0 unspecified atom stereocenters. The molecule has 0 saturated carbocycles. The normalized spacial score (nSPS) is 11.9. The zero-order valence-electron chi connectivity index (χ0n) is 19.4. The number of aryl methyl sites for hydroxylation is 3. The lowest BCUT2D eigenvalue weighted by Gasteiger charge is -2.12. The molecule has 0 aromatic carbocycles. The number of alkyl halides is 3. The van der Waals surface area contributed by atoms with Gasteiger partial charge in [-0.15, -0.1) is 11.3 Å². The van der Waals surface area contributed by atoms with E-state index in [0.29, 0.717) is 29.1 Å². The van der Waals surface area contributed by atoms with Gasteiger partial charge in [-0.3, -0.25) is 19.0 Å². The molecule has 0 aliphatic rings. The first-order valence-electron chi connectivity index (χ1n) is 10.8.